The van der Waals surface area contributed by atoms with E-state index in [4.69, 9.17) is 0 Å². The lowest BCUT2D eigenvalue weighted by atomic mass is 10.1. The Morgan fingerprint density at radius 3 is 2.96 bits per heavy atom. The molecule has 27 heavy (non-hydrogen) atoms. The monoisotopic (exact) mass is 383 g/mol. The highest BCUT2D eigenvalue weighted by molar-refractivity contribution is 7.09. The summed E-state index contributed by atoms with van der Waals surface area (Å²) in [4.78, 5) is 19.3. The first-order valence-corrected chi connectivity index (χ1v) is 9.87. The van der Waals surface area contributed by atoms with Crippen LogP contribution in [0.4, 0.5) is 10.5 Å². The second-order valence-electron chi connectivity index (χ2n) is 6.74. The molecule has 4 rings (SSSR count). The number of hydrogen-bond acceptors (Lipinski definition) is 6. The van der Waals surface area contributed by atoms with Crippen LogP contribution < -0.4 is 5.32 Å². The number of urea groups is 1. The van der Waals surface area contributed by atoms with Gasteiger partial charge in [0.1, 0.15) is 5.01 Å². The number of carbonyl (C=O) groups is 1. The molecule has 1 aliphatic heterocycles. The molecule has 9 heteroatoms. The molecule has 1 unspecified atom stereocenters. The summed E-state index contributed by atoms with van der Waals surface area (Å²) in [5.74, 6) is 0.638. The molecule has 0 aliphatic carbocycles. The Hall–Kier alpha value is -2.81. The van der Waals surface area contributed by atoms with Crippen molar-refractivity contribution in [3.63, 3.8) is 0 Å². The third-order valence-corrected chi connectivity index (χ3v) is 5.52. The quantitative estimate of drug-likeness (QED) is 0.741. The molecule has 140 valence electrons. The van der Waals surface area contributed by atoms with E-state index < -0.39 is 0 Å². The number of aromatic nitrogens is 5. The van der Waals surface area contributed by atoms with Gasteiger partial charge in [-0.1, -0.05) is 12.1 Å². The van der Waals surface area contributed by atoms with E-state index in [2.05, 4.69) is 25.8 Å². The number of amides is 2. The molecule has 1 aliphatic rings. The molecular weight excluding hydrogens is 362 g/mol. The van der Waals surface area contributed by atoms with Gasteiger partial charge in [-0.3, -0.25) is 0 Å². The van der Waals surface area contributed by atoms with Crippen molar-refractivity contribution in [2.75, 3.05) is 11.9 Å². The van der Waals surface area contributed by atoms with Gasteiger partial charge in [0.15, 0.2) is 5.82 Å². The third kappa shape index (κ3) is 3.42. The normalized spacial score (nSPS) is 16.9. The lowest BCUT2D eigenvalue weighted by Gasteiger charge is -2.24. The summed E-state index contributed by atoms with van der Waals surface area (Å²) in [6.45, 7) is 4.76. The molecule has 0 radical (unpaired) electrons. The molecular formula is C18H21N7OS. The molecule has 2 aromatic heterocycles. The van der Waals surface area contributed by atoms with Crippen molar-refractivity contribution in [3.05, 3.63) is 40.8 Å². The molecule has 2 amide bonds. The van der Waals surface area contributed by atoms with E-state index in [1.807, 2.05) is 48.4 Å². The molecule has 0 bridgehead atoms. The maximum atomic E-state index is 13.0. The fourth-order valence-electron chi connectivity index (χ4n) is 3.36. The molecule has 8 nitrogen and oxygen atoms in total. The van der Waals surface area contributed by atoms with Crippen molar-refractivity contribution in [2.45, 2.75) is 38.8 Å². The Kier molecular flexibility index (Phi) is 4.85. The molecule has 1 N–H and O–H groups in total. The summed E-state index contributed by atoms with van der Waals surface area (Å²) in [5, 5.41) is 18.0. The SMILES string of the molecule is CC(C)n1nnnc1-c1ccccc1NC(=O)N1CCCC1c1nccs1. The van der Waals surface area contributed by atoms with Gasteiger partial charge in [0.25, 0.3) is 0 Å². The topological polar surface area (TPSA) is 88.8 Å². The van der Waals surface area contributed by atoms with Crippen LogP contribution in [0.2, 0.25) is 0 Å². The largest absolute Gasteiger partial charge is 0.322 e. The van der Waals surface area contributed by atoms with E-state index in [1.165, 1.54) is 0 Å². The molecule has 0 spiro atoms. The minimum Gasteiger partial charge on any atom is -0.315 e. The predicted octanol–water partition coefficient (Wildman–Crippen LogP) is 3.75. The summed E-state index contributed by atoms with van der Waals surface area (Å²) in [7, 11) is 0. The number of thiazole rings is 1. The Balaban J connectivity index is 1.60. The molecule has 1 saturated heterocycles. The van der Waals surface area contributed by atoms with Crippen LogP contribution in [0.15, 0.2) is 35.8 Å². The Labute approximate surface area is 161 Å². The first kappa shape index (κ1) is 17.6. The summed E-state index contributed by atoms with van der Waals surface area (Å²) < 4.78 is 1.75. The van der Waals surface area contributed by atoms with E-state index in [-0.39, 0.29) is 18.1 Å². The van der Waals surface area contributed by atoms with Gasteiger partial charge < -0.3 is 10.2 Å². The van der Waals surface area contributed by atoms with E-state index in [1.54, 1.807) is 22.2 Å². The average Bonchev–Trinajstić information content (AvgIpc) is 3.41. The number of nitrogens with zero attached hydrogens (tertiary/aromatic N) is 6. The second-order valence-corrected chi connectivity index (χ2v) is 7.66. The number of benzene rings is 1. The van der Waals surface area contributed by atoms with Crippen LogP contribution in [-0.4, -0.2) is 42.7 Å². The number of carbonyl (C=O) groups excluding carboxylic acids is 1. The standard InChI is InChI=1S/C18H21N7OS/c1-12(2)25-16(21-22-23-25)13-6-3-4-7-14(13)20-18(26)24-10-5-8-15(24)17-19-9-11-27-17/h3-4,6-7,9,11-12,15H,5,8,10H2,1-2H3,(H,20,26). The predicted molar refractivity (Wildman–Crippen MR) is 103 cm³/mol. The van der Waals surface area contributed by atoms with E-state index in [9.17, 15) is 4.79 Å². The van der Waals surface area contributed by atoms with Gasteiger partial charge in [0.05, 0.1) is 17.8 Å². The van der Waals surface area contributed by atoms with Crippen LogP contribution in [-0.2, 0) is 0 Å². The van der Waals surface area contributed by atoms with E-state index >= 15 is 0 Å². The smallest absolute Gasteiger partial charge is 0.315 e. The molecule has 1 aromatic carbocycles. The minimum atomic E-state index is -0.122. The van der Waals surface area contributed by atoms with Gasteiger partial charge in [-0.25, -0.2) is 14.5 Å². The van der Waals surface area contributed by atoms with Gasteiger partial charge in [-0.05, 0) is 49.2 Å². The summed E-state index contributed by atoms with van der Waals surface area (Å²) in [6.07, 6.45) is 3.70. The van der Waals surface area contributed by atoms with Gasteiger partial charge in [0, 0.05) is 23.7 Å². The van der Waals surface area contributed by atoms with Crippen molar-refractivity contribution in [3.8, 4) is 11.4 Å². The maximum Gasteiger partial charge on any atom is 0.322 e. The fourth-order valence-corrected chi connectivity index (χ4v) is 4.14. The lowest BCUT2D eigenvalue weighted by Crippen LogP contribution is -2.34. The first-order chi connectivity index (χ1) is 13.1. The van der Waals surface area contributed by atoms with Crippen molar-refractivity contribution in [2.24, 2.45) is 0 Å². The Morgan fingerprint density at radius 1 is 1.33 bits per heavy atom. The molecule has 0 saturated carbocycles. The van der Waals surface area contributed by atoms with Crippen molar-refractivity contribution >= 4 is 23.1 Å². The Bertz CT molecular complexity index is 921. The fraction of sp³-hybridized carbons (Fsp3) is 0.389. The summed E-state index contributed by atoms with van der Waals surface area (Å²) >= 11 is 1.59. The first-order valence-electron chi connectivity index (χ1n) is 8.99. The highest BCUT2D eigenvalue weighted by atomic mass is 32.1. The summed E-state index contributed by atoms with van der Waals surface area (Å²) in [6, 6.07) is 7.64. The number of anilines is 1. The van der Waals surface area contributed by atoms with Crippen LogP contribution in [0.5, 0.6) is 0 Å². The number of likely N-dealkylation sites (tertiary alicyclic amines) is 1. The number of para-hydroxylation sites is 1. The maximum absolute atomic E-state index is 13.0. The zero-order valence-corrected chi connectivity index (χ0v) is 16.1. The molecule has 3 aromatic rings. The number of tetrazole rings is 1. The van der Waals surface area contributed by atoms with Gasteiger partial charge in [-0.2, -0.15) is 0 Å². The van der Waals surface area contributed by atoms with Crippen LogP contribution in [0.1, 0.15) is 43.8 Å². The van der Waals surface area contributed by atoms with E-state index in [0.717, 1.165) is 30.0 Å². The average molecular weight is 383 g/mol. The Morgan fingerprint density at radius 2 is 2.19 bits per heavy atom. The van der Waals surface area contributed by atoms with Crippen LogP contribution in [0, 0.1) is 0 Å². The van der Waals surface area contributed by atoms with Crippen molar-refractivity contribution in [1.82, 2.24) is 30.1 Å². The lowest BCUT2D eigenvalue weighted by molar-refractivity contribution is 0.207. The summed E-state index contributed by atoms with van der Waals surface area (Å²) in [5.41, 5.74) is 1.50. The van der Waals surface area contributed by atoms with Crippen LogP contribution >= 0.6 is 11.3 Å². The number of nitrogens with one attached hydrogen (secondary N) is 1. The van der Waals surface area contributed by atoms with Gasteiger partial charge >= 0.3 is 6.03 Å². The second kappa shape index (κ2) is 7.43. The van der Waals surface area contributed by atoms with Gasteiger partial charge in [-0.15, -0.1) is 16.4 Å². The zero-order chi connectivity index (χ0) is 18.8. The zero-order valence-electron chi connectivity index (χ0n) is 15.2. The highest BCUT2D eigenvalue weighted by Gasteiger charge is 2.32. The van der Waals surface area contributed by atoms with Crippen molar-refractivity contribution < 1.29 is 4.79 Å². The van der Waals surface area contributed by atoms with E-state index in [0.29, 0.717) is 11.5 Å². The van der Waals surface area contributed by atoms with Crippen LogP contribution in [0.25, 0.3) is 11.4 Å². The number of rotatable bonds is 4. The van der Waals surface area contributed by atoms with Crippen LogP contribution in [0.3, 0.4) is 0 Å². The highest BCUT2D eigenvalue weighted by Crippen LogP contribution is 2.34. The third-order valence-electron chi connectivity index (χ3n) is 4.64. The molecule has 1 atom stereocenters. The molecule has 1 fully saturated rings. The molecule has 3 heterocycles. The van der Waals surface area contributed by atoms with Gasteiger partial charge in [0.2, 0.25) is 0 Å². The van der Waals surface area contributed by atoms with Crippen molar-refractivity contribution in [1.29, 1.82) is 0 Å². The number of hydrogen-bond donors (Lipinski definition) is 1. The minimum absolute atomic E-state index is 0.0399.